The van der Waals surface area contributed by atoms with Crippen molar-refractivity contribution < 1.29 is 14.3 Å². The van der Waals surface area contributed by atoms with Gasteiger partial charge in [-0.3, -0.25) is 4.79 Å². The van der Waals surface area contributed by atoms with Crippen molar-refractivity contribution in [3.05, 3.63) is 38.8 Å². The molecule has 5 nitrogen and oxygen atoms in total. The molecule has 2 aromatic rings. The van der Waals surface area contributed by atoms with Crippen LogP contribution in [-0.2, 0) is 6.54 Å². The maximum absolute atomic E-state index is 12.1. The van der Waals surface area contributed by atoms with Crippen molar-refractivity contribution in [2.24, 2.45) is 0 Å². The van der Waals surface area contributed by atoms with Crippen LogP contribution in [0.15, 0.2) is 28.2 Å². The summed E-state index contributed by atoms with van der Waals surface area (Å²) in [5.74, 6) is 1.07. The van der Waals surface area contributed by atoms with Gasteiger partial charge >= 0.3 is 0 Å². The first-order valence-electron chi connectivity index (χ1n) is 6.00. The molecule has 1 aliphatic rings. The summed E-state index contributed by atoms with van der Waals surface area (Å²) < 4.78 is 11.7. The maximum atomic E-state index is 12.1. The summed E-state index contributed by atoms with van der Waals surface area (Å²) in [6.07, 6.45) is 1.72. The highest BCUT2D eigenvalue weighted by molar-refractivity contribution is 9.10. The van der Waals surface area contributed by atoms with E-state index in [9.17, 15) is 4.79 Å². The third-order valence-corrected chi connectivity index (χ3v) is 4.11. The number of nitrogens with one attached hydrogen (secondary N) is 1. The molecule has 0 spiro atoms. The number of hydrogen-bond acceptors (Lipinski definition) is 5. The summed E-state index contributed by atoms with van der Waals surface area (Å²) in [7, 11) is 0. The summed E-state index contributed by atoms with van der Waals surface area (Å²) >= 11 is 4.90. The lowest BCUT2D eigenvalue weighted by atomic mass is 10.2. The van der Waals surface area contributed by atoms with Crippen molar-refractivity contribution >= 4 is 33.2 Å². The first-order chi connectivity index (χ1) is 9.74. The van der Waals surface area contributed by atoms with E-state index in [1.807, 2.05) is 5.38 Å². The van der Waals surface area contributed by atoms with Gasteiger partial charge < -0.3 is 14.8 Å². The van der Waals surface area contributed by atoms with Gasteiger partial charge in [-0.1, -0.05) is 0 Å². The molecule has 7 heteroatoms. The summed E-state index contributed by atoms with van der Waals surface area (Å²) in [5.41, 5.74) is 0.526. The maximum Gasteiger partial charge on any atom is 0.251 e. The summed E-state index contributed by atoms with van der Waals surface area (Å²) in [6, 6.07) is 3.42. The lowest BCUT2D eigenvalue weighted by Gasteiger charge is -2.20. The summed E-state index contributed by atoms with van der Waals surface area (Å²) in [5, 5.41) is 5.57. The van der Waals surface area contributed by atoms with E-state index in [0.29, 0.717) is 41.3 Å². The molecule has 1 aromatic carbocycles. The van der Waals surface area contributed by atoms with Gasteiger partial charge in [-0.05, 0) is 28.1 Å². The van der Waals surface area contributed by atoms with Crippen LogP contribution in [0.1, 0.15) is 15.4 Å². The average Bonchev–Trinajstić information content (AvgIpc) is 2.98. The van der Waals surface area contributed by atoms with Crippen LogP contribution >= 0.6 is 27.3 Å². The topological polar surface area (TPSA) is 60.5 Å². The molecule has 0 fully saturated rings. The zero-order valence-electron chi connectivity index (χ0n) is 10.4. The fourth-order valence-corrected chi connectivity index (χ4v) is 2.95. The van der Waals surface area contributed by atoms with E-state index in [2.05, 4.69) is 26.2 Å². The largest absolute Gasteiger partial charge is 0.486 e. The third-order valence-electron chi connectivity index (χ3n) is 2.74. The Hall–Kier alpha value is -1.60. The minimum Gasteiger partial charge on any atom is -0.486 e. The van der Waals surface area contributed by atoms with Crippen molar-refractivity contribution in [3.8, 4) is 11.5 Å². The van der Waals surface area contributed by atoms with Crippen molar-refractivity contribution in [3.63, 3.8) is 0 Å². The van der Waals surface area contributed by atoms with E-state index in [0.717, 1.165) is 5.01 Å². The Labute approximate surface area is 128 Å². The van der Waals surface area contributed by atoms with E-state index < -0.39 is 0 Å². The first-order valence-corrected chi connectivity index (χ1v) is 7.67. The molecule has 0 saturated carbocycles. The molecule has 0 aliphatic carbocycles. The SMILES string of the molecule is O=C(NCc1nccs1)c1cc(Br)c2c(c1)OCCO2. The number of fused-ring (bicyclic) bond motifs is 1. The Bertz CT molecular complexity index is 631. The summed E-state index contributed by atoms with van der Waals surface area (Å²) in [4.78, 5) is 16.2. The lowest BCUT2D eigenvalue weighted by Crippen LogP contribution is -2.23. The molecule has 0 saturated heterocycles. The third kappa shape index (κ3) is 2.78. The van der Waals surface area contributed by atoms with E-state index in [-0.39, 0.29) is 5.91 Å². The lowest BCUT2D eigenvalue weighted by molar-refractivity contribution is 0.0949. The van der Waals surface area contributed by atoms with Crippen LogP contribution in [0, 0.1) is 0 Å². The van der Waals surface area contributed by atoms with E-state index in [1.54, 1.807) is 18.3 Å². The molecule has 2 heterocycles. The predicted molar refractivity (Wildman–Crippen MR) is 78.4 cm³/mol. The number of rotatable bonds is 3. The predicted octanol–water partition coefficient (Wildman–Crippen LogP) is 2.61. The van der Waals surface area contributed by atoms with Gasteiger partial charge in [0.2, 0.25) is 0 Å². The van der Waals surface area contributed by atoms with Gasteiger partial charge in [-0.2, -0.15) is 0 Å². The van der Waals surface area contributed by atoms with Crippen LogP contribution < -0.4 is 14.8 Å². The van der Waals surface area contributed by atoms with Gasteiger partial charge in [0, 0.05) is 17.1 Å². The van der Waals surface area contributed by atoms with Crippen LogP contribution in [0.4, 0.5) is 0 Å². The zero-order valence-corrected chi connectivity index (χ0v) is 12.8. The Morgan fingerprint density at radius 3 is 3.05 bits per heavy atom. The van der Waals surface area contributed by atoms with E-state index in [4.69, 9.17) is 9.47 Å². The van der Waals surface area contributed by atoms with Crippen LogP contribution in [0.5, 0.6) is 11.5 Å². The molecule has 0 atom stereocenters. The standard InChI is InChI=1S/C13H11BrN2O3S/c14-9-5-8(6-10-12(9)19-3-2-18-10)13(17)16-7-11-15-1-4-20-11/h1,4-6H,2-3,7H2,(H,16,17). The van der Waals surface area contributed by atoms with E-state index in [1.165, 1.54) is 11.3 Å². The fraction of sp³-hybridized carbons (Fsp3) is 0.231. The molecule has 0 unspecified atom stereocenters. The quantitative estimate of drug-likeness (QED) is 0.920. The number of halogens is 1. The van der Waals surface area contributed by atoms with Crippen LogP contribution in [0.3, 0.4) is 0 Å². The van der Waals surface area contributed by atoms with Gasteiger partial charge in [-0.25, -0.2) is 4.98 Å². The van der Waals surface area contributed by atoms with Crippen LogP contribution in [0.25, 0.3) is 0 Å². The van der Waals surface area contributed by atoms with Crippen LogP contribution in [0.2, 0.25) is 0 Å². The number of amides is 1. The second-order valence-electron chi connectivity index (χ2n) is 4.09. The number of thiazole rings is 1. The second kappa shape index (κ2) is 5.80. The van der Waals surface area contributed by atoms with E-state index >= 15 is 0 Å². The molecule has 0 radical (unpaired) electrons. The highest BCUT2D eigenvalue weighted by atomic mass is 79.9. The number of nitrogens with zero attached hydrogens (tertiary/aromatic N) is 1. The molecule has 1 aliphatic heterocycles. The number of ether oxygens (including phenoxy) is 2. The fourth-order valence-electron chi connectivity index (χ4n) is 1.84. The number of carbonyl (C=O) groups is 1. The number of benzene rings is 1. The van der Waals surface area contributed by atoms with Crippen LogP contribution in [-0.4, -0.2) is 24.1 Å². The monoisotopic (exact) mass is 354 g/mol. The van der Waals surface area contributed by atoms with Crippen molar-refractivity contribution in [2.75, 3.05) is 13.2 Å². The molecule has 0 bridgehead atoms. The molecule has 1 amide bonds. The Kier molecular flexibility index (Phi) is 3.88. The normalized spacial score (nSPS) is 13.1. The Morgan fingerprint density at radius 1 is 1.40 bits per heavy atom. The minimum absolute atomic E-state index is 0.169. The van der Waals surface area contributed by atoms with Gasteiger partial charge in [0.15, 0.2) is 11.5 Å². The van der Waals surface area contributed by atoms with Gasteiger partial charge in [0.1, 0.15) is 18.2 Å². The molecule has 1 aromatic heterocycles. The number of hydrogen-bond donors (Lipinski definition) is 1. The van der Waals surface area contributed by atoms with Crippen molar-refractivity contribution in [1.29, 1.82) is 0 Å². The molecule has 1 N–H and O–H groups in total. The molecule has 104 valence electrons. The van der Waals surface area contributed by atoms with Crippen molar-refractivity contribution in [2.45, 2.75) is 6.54 Å². The highest BCUT2D eigenvalue weighted by Gasteiger charge is 2.18. The first kappa shape index (κ1) is 13.4. The van der Waals surface area contributed by atoms with Gasteiger partial charge in [0.25, 0.3) is 5.91 Å². The smallest absolute Gasteiger partial charge is 0.251 e. The summed E-state index contributed by atoms with van der Waals surface area (Å²) in [6.45, 7) is 1.42. The second-order valence-corrected chi connectivity index (χ2v) is 5.92. The molecule has 20 heavy (non-hydrogen) atoms. The molecule has 3 rings (SSSR count). The zero-order chi connectivity index (χ0) is 13.9. The minimum atomic E-state index is -0.169. The average molecular weight is 355 g/mol. The van der Waals surface area contributed by atoms with Gasteiger partial charge in [-0.15, -0.1) is 11.3 Å². The molecular weight excluding hydrogens is 344 g/mol. The Balaban J connectivity index is 1.76. The molecular formula is C13H11BrN2O3S. The number of carbonyl (C=O) groups excluding carboxylic acids is 1. The number of aromatic nitrogens is 1. The van der Waals surface area contributed by atoms with Gasteiger partial charge in [0.05, 0.1) is 11.0 Å². The highest BCUT2D eigenvalue weighted by Crippen LogP contribution is 2.38. The Morgan fingerprint density at radius 2 is 2.25 bits per heavy atom. The van der Waals surface area contributed by atoms with Crippen molar-refractivity contribution in [1.82, 2.24) is 10.3 Å².